The van der Waals surface area contributed by atoms with Crippen LogP contribution in [0.2, 0.25) is 0 Å². The van der Waals surface area contributed by atoms with Gasteiger partial charge in [-0.2, -0.15) is 0 Å². The molecule has 0 aliphatic carbocycles. The third-order valence-electron chi connectivity index (χ3n) is 4.20. The van der Waals surface area contributed by atoms with Gasteiger partial charge in [0, 0.05) is 18.7 Å². The summed E-state index contributed by atoms with van der Waals surface area (Å²) >= 11 is 0. The quantitative estimate of drug-likeness (QED) is 0.674. The first-order chi connectivity index (χ1) is 11.6. The predicted molar refractivity (Wildman–Crippen MR) is 96.5 cm³/mol. The lowest BCUT2D eigenvalue weighted by molar-refractivity contribution is 0.174. The number of fused-ring (bicyclic) bond motifs is 1. The number of ether oxygens (including phenoxy) is 1. The molecule has 0 bridgehead atoms. The maximum atomic E-state index is 8.59. The van der Waals surface area contributed by atoms with Crippen LogP contribution in [0.3, 0.4) is 0 Å². The summed E-state index contributed by atoms with van der Waals surface area (Å²) in [7, 11) is 1.67. The van der Waals surface area contributed by atoms with E-state index in [1.807, 2.05) is 31.2 Å². The van der Waals surface area contributed by atoms with Crippen molar-refractivity contribution >= 4 is 16.7 Å². The lowest BCUT2D eigenvalue weighted by atomic mass is 9.98. The molecule has 5 heteroatoms. The van der Waals surface area contributed by atoms with Gasteiger partial charge in [0.15, 0.2) is 0 Å². The summed E-state index contributed by atoms with van der Waals surface area (Å²) in [6, 6.07) is 12.1. The fourth-order valence-electron chi connectivity index (χ4n) is 2.90. The van der Waals surface area contributed by atoms with E-state index in [0.29, 0.717) is 23.8 Å². The highest BCUT2D eigenvalue weighted by Crippen LogP contribution is 2.26. The monoisotopic (exact) mass is 322 g/mol. The van der Waals surface area contributed by atoms with Gasteiger partial charge in [-0.1, -0.05) is 37.3 Å². The molecular weight excluding hydrogens is 300 g/mol. The van der Waals surface area contributed by atoms with Gasteiger partial charge in [-0.3, -0.25) is 0 Å². The van der Waals surface area contributed by atoms with Crippen molar-refractivity contribution in [2.45, 2.75) is 20.3 Å². The molecule has 1 atom stereocenters. The van der Waals surface area contributed by atoms with Crippen LogP contribution < -0.4 is 0 Å². The fraction of sp³-hybridized carbons (Fsp3) is 0.316. The average molecular weight is 322 g/mol. The Hall–Kier alpha value is -2.53. The number of nitrogens with one attached hydrogen (secondary N) is 2. The molecule has 24 heavy (non-hydrogen) atoms. The Morgan fingerprint density at radius 1 is 1.25 bits per heavy atom. The minimum absolute atomic E-state index is 0.0241. The zero-order valence-electron chi connectivity index (χ0n) is 14.3. The maximum Gasteiger partial charge on any atom is 0.126 e. The summed E-state index contributed by atoms with van der Waals surface area (Å²) in [6.07, 6.45) is 0.837. The van der Waals surface area contributed by atoms with E-state index in [0.717, 1.165) is 28.7 Å². The average Bonchev–Trinajstić information content (AvgIpc) is 3.03. The van der Waals surface area contributed by atoms with E-state index in [1.165, 1.54) is 0 Å². The number of H-pyrrole nitrogens is 1. The SMILES string of the molecule is CC[C@@H](COC)C(=N)c1nc(C)nc2cc(-c3ccccc3)[nH]c12. The number of aromatic nitrogens is 3. The van der Waals surface area contributed by atoms with Crippen LogP contribution in [0.4, 0.5) is 0 Å². The lowest BCUT2D eigenvalue weighted by Crippen LogP contribution is -2.21. The van der Waals surface area contributed by atoms with Gasteiger partial charge >= 0.3 is 0 Å². The molecule has 0 spiro atoms. The van der Waals surface area contributed by atoms with Crippen LogP contribution >= 0.6 is 0 Å². The Morgan fingerprint density at radius 2 is 2.00 bits per heavy atom. The van der Waals surface area contributed by atoms with E-state index >= 15 is 0 Å². The first-order valence-corrected chi connectivity index (χ1v) is 8.14. The normalized spacial score (nSPS) is 12.5. The van der Waals surface area contributed by atoms with Gasteiger partial charge in [-0.25, -0.2) is 9.97 Å². The van der Waals surface area contributed by atoms with E-state index in [4.69, 9.17) is 10.1 Å². The van der Waals surface area contributed by atoms with Crippen LogP contribution in [-0.4, -0.2) is 34.4 Å². The van der Waals surface area contributed by atoms with Crippen LogP contribution in [0.1, 0.15) is 24.9 Å². The third kappa shape index (κ3) is 3.08. The zero-order chi connectivity index (χ0) is 17.1. The highest BCUT2D eigenvalue weighted by atomic mass is 16.5. The molecule has 3 aromatic rings. The summed E-state index contributed by atoms with van der Waals surface area (Å²) in [5.41, 5.74) is 4.90. The standard InChI is InChI=1S/C19H22N4O/c1-4-13(11-24-3)17(20)19-18-16(21-12(2)22-19)10-15(23-18)14-8-6-5-7-9-14/h5-10,13,20,23H,4,11H2,1-3H3/t13-/m0/s1. The number of nitrogens with zero attached hydrogens (tertiary/aromatic N) is 2. The largest absolute Gasteiger partial charge is 0.384 e. The van der Waals surface area contributed by atoms with Crippen molar-refractivity contribution in [1.82, 2.24) is 15.0 Å². The maximum absolute atomic E-state index is 8.59. The Bertz CT molecular complexity index is 854. The summed E-state index contributed by atoms with van der Waals surface area (Å²) in [5, 5.41) is 8.59. The Labute approximate surface area is 141 Å². The molecule has 2 N–H and O–H groups in total. The molecular formula is C19H22N4O. The molecule has 0 unspecified atom stereocenters. The Balaban J connectivity index is 2.11. The van der Waals surface area contributed by atoms with Gasteiger partial charge < -0.3 is 15.1 Å². The second-order valence-corrected chi connectivity index (χ2v) is 5.90. The molecule has 1 aromatic carbocycles. The van der Waals surface area contributed by atoms with Crippen molar-refractivity contribution in [3.8, 4) is 11.3 Å². The molecule has 3 rings (SSSR count). The predicted octanol–water partition coefficient (Wildman–Crippen LogP) is 3.97. The highest BCUT2D eigenvalue weighted by Gasteiger charge is 2.20. The van der Waals surface area contributed by atoms with Crippen molar-refractivity contribution in [2.75, 3.05) is 13.7 Å². The molecule has 124 valence electrons. The van der Waals surface area contributed by atoms with Crippen LogP contribution in [0.15, 0.2) is 36.4 Å². The van der Waals surface area contributed by atoms with Crippen molar-refractivity contribution in [3.63, 3.8) is 0 Å². The van der Waals surface area contributed by atoms with Crippen LogP contribution in [-0.2, 0) is 4.74 Å². The van der Waals surface area contributed by atoms with Gasteiger partial charge in [0.25, 0.3) is 0 Å². The van der Waals surface area contributed by atoms with Gasteiger partial charge in [-0.05, 0) is 25.0 Å². The minimum atomic E-state index is 0.0241. The Kier molecular flexibility index (Phi) is 4.71. The number of hydrogen-bond acceptors (Lipinski definition) is 4. The number of benzene rings is 1. The molecule has 0 amide bonds. The van der Waals surface area contributed by atoms with E-state index < -0.39 is 0 Å². The van der Waals surface area contributed by atoms with Crippen molar-refractivity contribution in [1.29, 1.82) is 5.41 Å². The number of hydrogen-bond donors (Lipinski definition) is 2. The zero-order valence-corrected chi connectivity index (χ0v) is 14.3. The molecule has 2 aromatic heterocycles. The lowest BCUT2D eigenvalue weighted by Gasteiger charge is -2.15. The van der Waals surface area contributed by atoms with Crippen LogP contribution in [0, 0.1) is 18.3 Å². The van der Waals surface area contributed by atoms with Crippen molar-refractivity contribution < 1.29 is 4.74 Å². The first kappa shape index (κ1) is 16.3. The molecule has 0 saturated heterocycles. The summed E-state index contributed by atoms with van der Waals surface area (Å²) in [6.45, 7) is 4.45. The molecule has 0 aliphatic rings. The van der Waals surface area contributed by atoms with Crippen molar-refractivity contribution in [2.24, 2.45) is 5.92 Å². The number of aromatic amines is 1. The minimum Gasteiger partial charge on any atom is -0.384 e. The van der Waals surface area contributed by atoms with Gasteiger partial charge in [0.1, 0.15) is 11.5 Å². The molecule has 0 saturated carbocycles. The van der Waals surface area contributed by atoms with Crippen LogP contribution in [0.5, 0.6) is 0 Å². The van der Waals surface area contributed by atoms with E-state index in [9.17, 15) is 0 Å². The number of rotatable bonds is 6. The summed E-state index contributed by atoms with van der Waals surface area (Å²) in [5.74, 6) is 0.698. The molecule has 2 heterocycles. The van der Waals surface area contributed by atoms with E-state index in [2.05, 4.69) is 34.0 Å². The second-order valence-electron chi connectivity index (χ2n) is 5.90. The molecule has 0 radical (unpaired) electrons. The van der Waals surface area contributed by atoms with E-state index in [-0.39, 0.29) is 5.92 Å². The fourth-order valence-corrected chi connectivity index (χ4v) is 2.90. The van der Waals surface area contributed by atoms with Gasteiger partial charge in [-0.15, -0.1) is 0 Å². The topological polar surface area (TPSA) is 74.7 Å². The smallest absolute Gasteiger partial charge is 0.126 e. The summed E-state index contributed by atoms with van der Waals surface area (Å²) in [4.78, 5) is 12.5. The van der Waals surface area contributed by atoms with E-state index in [1.54, 1.807) is 7.11 Å². The summed E-state index contributed by atoms with van der Waals surface area (Å²) < 4.78 is 5.26. The van der Waals surface area contributed by atoms with Gasteiger partial charge in [0.05, 0.1) is 23.4 Å². The van der Waals surface area contributed by atoms with Crippen molar-refractivity contribution in [3.05, 3.63) is 47.9 Å². The Morgan fingerprint density at radius 3 is 2.67 bits per heavy atom. The second kappa shape index (κ2) is 6.93. The number of aryl methyl sites for hydroxylation is 1. The number of methoxy groups -OCH3 is 1. The third-order valence-corrected chi connectivity index (χ3v) is 4.20. The van der Waals surface area contributed by atoms with Gasteiger partial charge in [0.2, 0.25) is 0 Å². The molecule has 5 nitrogen and oxygen atoms in total. The first-order valence-electron chi connectivity index (χ1n) is 8.14. The highest BCUT2D eigenvalue weighted by molar-refractivity contribution is 6.07. The molecule has 0 fully saturated rings. The molecule has 0 aliphatic heterocycles. The van der Waals surface area contributed by atoms with Crippen LogP contribution in [0.25, 0.3) is 22.3 Å².